The molecule has 0 aliphatic rings. The van der Waals surface area contributed by atoms with Gasteiger partial charge in [-0.1, -0.05) is 0 Å². The molecule has 0 aromatic heterocycles. The fraction of sp³-hybridized carbons (Fsp3) is 0. The number of hydrogen-bond acceptors (Lipinski definition) is 1. The monoisotopic (exact) mass is 122 g/mol. The minimum atomic E-state index is -1.08. The Hall–Kier alpha value is 1.60. The van der Waals surface area contributed by atoms with Crippen molar-refractivity contribution in [3.8, 4) is 0 Å². The van der Waals surface area contributed by atoms with E-state index in [1.807, 2.05) is 0 Å². The zero-order chi connectivity index (χ0) is 5.58. The van der Waals surface area contributed by atoms with Crippen molar-refractivity contribution in [2.24, 2.45) is 0 Å². The summed E-state index contributed by atoms with van der Waals surface area (Å²) in [5.41, 5.74) is 0. The molecular formula is C2H3CaNaO2. The van der Waals surface area contributed by atoms with E-state index in [0.29, 0.717) is 0 Å². The zero-order valence-electron chi connectivity index (χ0n) is 3.77. The first-order chi connectivity index (χ1) is 2.73. The Labute approximate surface area is 69.4 Å². The van der Waals surface area contributed by atoms with Crippen molar-refractivity contribution in [2.75, 3.05) is 0 Å². The van der Waals surface area contributed by atoms with Gasteiger partial charge >= 0.3 is 48.1 Å². The number of rotatable bonds is 0. The summed E-state index contributed by atoms with van der Waals surface area (Å²) in [6.45, 7) is 2.56. The zero-order valence-corrected chi connectivity index (χ0v) is 7.98. The van der Waals surface area contributed by atoms with Crippen LogP contribution in [0.3, 0.4) is 0 Å². The van der Waals surface area contributed by atoms with Crippen LogP contribution in [0, 0.1) is 6.92 Å². The first kappa shape index (κ1) is 10.6. The van der Waals surface area contributed by atoms with Gasteiger partial charge in [0, 0.05) is 0 Å². The quantitative estimate of drug-likeness (QED) is 0.335. The molecule has 0 bridgehead atoms. The third-order valence-electron chi connectivity index (χ3n) is 0. The molecule has 0 spiro atoms. The first-order valence-corrected chi connectivity index (χ1v) is 9.53. The molecule has 0 fully saturated rings. The summed E-state index contributed by atoms with van der Waals surface area (Å²) in [4.78, 5) is 8.89. The predicted molar refractivity (Wildman–Crippen MR) is 24.5 cm³/mol. The average Bonchev–Trinajstić information content (AvgIpc) is 1.41. The van der Waals surface area contributed by atoms with Gasteiger partial charge in [-0.05, 0) is 0 Å². The van der Waals surface area contributed by atoms with Crippen LogP contribution in [0.15, 0.2) is 0 Å². The molecule has 0 rings (SSSR count). The standard InChI is InChI=1S/C2H3O2.Ca.Na/c1-2(3)4;;/h1H2,(H,3,4);;/q-1;+1;. The van der Waals surface area contributed by atoms with E-state index < -0.39 is 5.97 Å². The van der Waals surface area contributed by atoms with Crippen LogP contribution < -0.4 is 0 Å². The van der Waals surface area contributed by atoms with E-state index in [1.165, 1.54) is 48.1 Å². The second-order valence-electron chi connectivity index (χ2n) is 0.394. The van der Waals surface area contributed by atoms with Crippen LogP contribution >= 0.6 is 0 Å². The van der Waals surface area contributed by atoms with Gasteiger partial charge in [0.05, 0.1) is 0 Å². The van der Waals surface area contributed by atoms with E-state index >= 15 is 0 Å². The van der Waals surface area contributed by atoms with Gasteiger partial charge in [-0.15, -0.1) is 0 Å². The molecule has 0 aromatic carbocycles. The second kappa shape index (κ2) is 9.78. The van der Waals surface area contributed by atoms with E-state index in [2.05, 4.69) is 6.92 Å². The Morgan fingerprint density at radius 1 is 1.83 bits per heavy atom. The summed E-state index contributed by atoms with van der Waals surface area (Å²) in [6, 6.07) is 0. The number of aliphatic carboxylic acids is 1. The van der Waals surface area contributed by atoms with Gasteiger partial charge in [-0.2, -0.15) is 0 Å². The van der Waals surface area contributed by atoms with Gasteiger partial charge in [0.15, 0.2) is 5.97 Å². The van der Waals surface area contributed by atoms with Crippen LogP contribution in [0.5, 0.6) is 0 Å². The molecule has 26 valence electrons. The van der Waals surface area contributed by atoms with Gasteiger partial charge in [0.1, 0.15) is 0 Å². The molecule has 1 N–H and O–H groups in total. The molecule has 0 aliphatic heterocycles. The molecule has 0 radical (unpaired) electrons. The molecule has 0 amide bonds. The van der Waals surface area contributed by atoms with Crippen LogP contribution in [0.4, 0.5) is 0 Å². The summed E-state index contributed by atoms with van der Waals surface area (Å²) in [5.74, 6) is -1.08. The van der Waals surface area contributed by atoms with Crippen LogP contribution in [0.2, 0.25) is 0 Å². The molecule has 0 saturated carbocycles. The van der Waals surface area contributed by atoms with E-state index in [0.717, 1.165) is 0 Å². The first-order valence-electron chi connectivity index (χ1n) is 1.49. The Morgan fingerprint density at radius 2 is 1.83 bits per heavy atom. The topological polar surface area (TPSA) is 37.3 Å². The number of carboxylic acids is 1. The maximum atomic E-state index is 8.89. The summed E-state index contributed by atoms with van der Waals surface area (Å²) in [6.07, 6.45) is 0. The minimum absolute atomic E-state index is 1.08. The molecule has 2 nitrogen and oxygen atoms in total. The number of carboxylic acid groups (broad SMARTS) is 1. The van der Waals surface area contributed by atoms with Crippen molar-refractivity contribution in [3.63, 3.8) is 0 Å². The maximum absolute atomic E-state index is 8.89. The summed E-state index contributed by atoms with van der Waals surface area (Å²) in [5, 5.41) is 7.31. The van der Waals surface area contributed by atoms with E-state index in [-0.39, 0.29) is 0 Å². The van der Waals surface area contributed by atoms with E-state index in [1.54, 1.807) is 0 Å². The third-order valence-corrected chi connectivity index (χ3v) is 0. The Balaban J connectivity index is 0. The van der Waals surface area contributed by atoms with Crippen LogP contribution in [0.25, 0.3) is 0 Å². The molecule has 0 aliphatic carbocycles. The van der Waals surface area contributed by atoms with Crippen molar-refractivity contribution >= 4 is 54.1 Å². The Morgan fingerprint density at radius 3 is 1.83 bits per heavy atom. The normalized spacial score (nSPS) is 5.33. The molecule has 0 unspecified atom stereocenters. The molecule has 4 heteroatoms. The van der Waals surface area contributed by atoms with Crippen molar-refractivity contribution in [2.45, 2.75) is 0 Å². The Bertz CT molecular complexity index is 34.5. The SMILES string of the molecule is [CH2-]C(=O)O.[Na][Ca+]. The molecule has 0 saturated heterocycles. The van der Waals surface area contributed by atoms with Crippen LogP contribution in [0.1, 0.15) is 0 Å². The van der Waals surface area contributed by atoms with Gasteiger partial charge in [0.25, 0.3) is 0 Å². The van der Waals surface area contributed by atoms with Crippen LogP contribution in [-0.2, 0) is 4.79 Å². The van der Waals surface area contributed by atoms with Gasteiger partial charge < -0.3 is 5.11 Å². The van der Waals surface area contributed by atoms with Crippen molar-refractivity contribution in [1.82, 2.24) is 0 Å². The molecule has 0 heterocycles. The molecule has 0 aromatic rings. The van der Waals surface area contributed by atoms with Crippen molar-refractivity contribution < 1.29 is 9.90 Å². The fourth-order valence-electron chi connectivity index (χ4n) is 0. The average molecular weight is 122 g/mol. The summed E-state index contributed by atoms with van der Waals surface area (Å²) >= 11 is 2.94. The molecule has 0 atom stereocenters. The van der Waals surface area contributed by atoms with Crippen molar-refractivity contribution in [3.05, 3.63) is 6.92 Å². The van der Waals surface area contributed by atoms with Crippen LogP contribution in [-0.4, -0.2) is 59.2 Å². The van der Waals surface area contributed by atoms with Crippen molar-refractivity contribution in [1.29, 1.82) is 0 Å². The molecule has 6 heavy (non-hydrogen) atoms. The third kappa shape index (κ3) is 46.3. The van der Waals surface area contributed by atoms with Gasteiger partial charge in [0.2, 0.25) is 0 Å². The fourth-order valence-corrected chi connectivity index (χ4v) is 0. The second-order valence-corrected chi connectivity index (χ2v) is 0.394. The summed E-state index contributed by atoms with van der Waals surface area (Å²) in [7, 11) is 0. The van der Waals surface area contributed by atoms with E-state index in [4.69, 9.17) is 9.90 Å². The number of hydrogen-bond donors (Lipinski definition) is 1. The van der Waals surface area contributed by atoms with Gasteiger partial charge in [-0.3, -0.25) is 11.7 Å². The van der Waals surface area contributed by atoms with Gasteiger partial charge in [-0.25, -0.2) is 0 Å². The Kier molecular flexibility index (Phi) is 17.2. The molecular weight excluding hydrogens is 119 g/mol. The predicted octanol–water partition coefficient (Wildman–Crippen LogP) is -0.857. The van der Waals surface area contributed by atoms with E-state index in [9.17, 15) is 0 Å². The number of carbonyl (C=O) groups is 1. The summed E-state index contributed by atoms with van der Waals surface area (Å²) < 4.78 is 0.